The first-order valence-electron chi connectivity index (χ1n) is 9.74. The minimum atomic E-state index is -3.60. The predicted octanol–water partition coefficient (Wildman–Crippen LogP) is 4.53. The average molecular weight is 409 g/mol. The summed E-state index contributed by atoms with van der Waals surface area (Å²) < 4.78 is 26.5. The number of fused-ring (bicyclic) bond motifs is 2. The Bertz CT molecular complexity index is 1180. The molecule has 0 aliphatic heterocycles. The van der Waals surface area contributed by atoms with Crippen LogP contribution in [0.4, 0.5) is 5.69 Å². The topological polar surface area (TPSA) is 89.3 Å². The van der Waals surface area contributed by atoms with Gasteiger partial charge in [0.15, 0.2) is 0 Å². The van der Waals surface area contributed by atoms with Crippen molar-refractivity contribution in [3.05, 3.63) is 70.1 Å². The largest absolute Gasteiger partial charge is 0.366 e. The second-order valence-corrected chi connectivity index (χ2v) is 9.26. The third-order valence-electron chi connectivity index (χ3n) is 5.95. The molecule has 0 spiro atoms. The average Bonchev–Trinajstić information content (AvgIpc) is 3.08. The quantitative estimate of drug-likeness (QED) is 0.762. The number of carbonyl (C=O) groups excluding carboxylic acids is 1. The number of hydrogen-bond donors (Lipinski definition) is 2. The Hall–Kier alpha value is -2.86. The van der Waals surface area contributed by atoms with Crippen LogP contribution in [0.2, 0.25) is 0 Å². The molecule has 3 N–H and O–H groups in total. The third-order valence-corrected chi connectivity index (χ3v) is 6.89. The second kappa shape index (κ2) is 7.19. The molecular weight excluding hydrogens is 384 g/mol. The van der Waals surface area contributed by atoms with E-state index in [-0.39, 0.29) is 0 Å². The molecule has 0 heterocycles. The van der Waals surface area contributed by atoms with Crippen LogP contribution in [-0.4, -0.2) is 14.3 Å². The summed E-state index contributed by atoms with van der Waals surface area (Å²) in [6.45, 7) is 5.26. The summed E-state index contributed by atoms with van der Waals surface area (Å²) in [7, 11) is -3.60. The zero-order valence-electron chi connectivity index (χ0n) is 16.4. The zero-order valence-corrected chi connectivity index (χ0v) is 17.2. The fraction of sp³-hybridized carbons (Fsp3) is 0.261. The molecule has 0 aromatic heterocycles. The Kier molecular flexibility index (Phi) is 4.82. The Morgan fingerprint density at radius 1 is 1.14 bits per heavy atom. The number of carbonyl (C=O) groups is 1. The molecular formula is C23H24N2O3S. The van der Waals surface area contributed by atoms with Gasteiger partial charge in [-0.2, -0.15) is 0 Å². The highest BCUT2D eigenvalue weighted by Gasteiger charge is 2.30. The van der Waals surface area contributed by atoms with Gasteiger partial charge in [-0.15, -0.1) is 0 Å². The highest BCUT2D eigenvalue weighted by atomic mass is 32.2. The van der Waals surface area contributed by atoms with Crippen LogP contribution in [0, 0.1) is 6.92 Å². The molecule has 2 aromatic rings. The van der Waals surface area contributed by atoms with Crippen LogP contribution in [0.1, 0.15) is 52.7 Å². The summed E-state index contributed by atoms with van der Waals surface area (Å²) in [5, 5.41) is 0.900. The first-order valence-corrected chi connectivity index (χ1v) is 11.3. The minimum Gasteiger partial charge on any atom is -0.366 e. The van der Waals surface area contributed by atoms with E-state index in [9.17, 15) is 13.2 Å². The molecule has 0 saturated carbocycles. The number of amides is 1. The third kappa shape index (κ3) is 3.38. The Morgan fingerprint density at radius 2 is 1.90 bits per heavy atom. The van der Waals surface area contributed by atoms with Crippen molar-refractivity contribution in [1.29, 1.82) is 0 Å². The van der Waals surface area contributed by atoms with Crippen LogP contribution in [-0.2, 0) is 16.4 Å². The van der Waals surface area contributed by atoms with E-state index < -0.39 is 15.9 Å². The van der Waals surface area contributed by atoms with Crippen LogP contribution < -0.4 is 10.5 Å². The van der Waals surface area contributed by atoms with Gasteiger partial charge in [-0.05, 0) is 84.6 Å². The number of rotatable bonds is 5. The standard InChI is InChI=1S/C23H24N2O3S/c1-3-29(27,28)25-21-10-6-9-16(14(21)2)18-11-12-19(23(24)26)20-13-15-7-4-5-8-17(15)22(18)20/h3,6,9-12,25H,1,4-5,7-8,13H2,2H3,(H2,24,26). The first kappa shape index (κ1) is 19.5. The maximum Gasteiger partial charge on any atom is 0.254 e. The lowest BCUT2D eigenvalue weighted by Gasteiger charge is -2.19. The van der Waals surface area contributed by atoms with Crippen LogP contribution in [0.3, 0.4) is 0 Å². The van der Waals surface area contributed by atoms with Crippen LogP contribution >= 0.6 is 0 Å². The molecule has 4 rings (SSSR count). The van der Waals surface area contributed by atoms with Gasteiger partial charge in [-0.1, -0.05) is 30.4 Å². The Balaban J connectivity index is 1.92. The SMILES string of the molecule is C=CS(=O)(=O)Nc1cccc(-c2ccc(C(N)=O)c3c2C2=C(CCCC2)C3)c1C. The molecule has 6 heteroatoms. The summed E-state index contributed by atoms with van der Waals surface area (Å²) in [6.07, 6.45) is 5.14. The summed E-state index contributed by atoms with van der Waals surface area (Å²) in [5.41, 5.74) is 14.4. The lowest BCUT2D eigenvalue weighted by molar-refractivity contribution is 0.0999. The van der Waals surface area contributed by atoms with E-state index in [1.807, 2.05) is 25.1 Å². The molecule has 0 bridgehead atoms. The van der Waals surface area contributed by atoms with E-state index >= 15 is 0 Å². The van der Waals surface area contributed by atoms with Crippen LogP contribution in [0.15, 0.2) is 47.9 Å². The van der Waals surface area contributed by atoms with Gasteiger partial charge >= 0.3 is 0 Å². The van der Waals surface area contributed by atoms with E-state index in [1.165, 1.54) is 17.6 Å². The molecule has 0 radical (unpaired) electrons. The monoisotopic (exact) mass is 408 g/mol. The van der Waals surface area contributed by atoms with E-state index in [0.29, 0.717) is 11.3 Å². The van der Waals surface area contributed by atoms with Crippen molar-refractivity contribution in [1.82, 2.24) is 0 Å². The van der Waals surface area contributed by atoms with Gasteiger partial charge in [-0.25, -0.2) is 8.42 Å². The van der Waals surface area contributed by atoms with Gasteiger partial charge in [0.25, 0.3) is 10.0 Å². The van der Waals surface area contributed by atoms with Gasteiger partial charge in [0.05, 0.1) is 5.69 Å². The molecule has 150 valence electrons. The van der Waals surface area contributed by atoms with Gasteiger partial charge in [-0.3, -0.25) is 9.52 Å². The van der Waals surface area contributed by atoms with Crippen molar-refractivity contribution in [2.75, 3.05) is 4.72 Å². The molecule has 2 aliphatic rings. The van der Waals surface area contributed by atoms with Crippen molar-refractivity contribution >= 4 is 27.2 Å². The van der Waals surface area contributed by atoms with Crippen LogP contribution in [0.5, 0.6) is 0 Å². The summed E-state index contributed by atoms with van der Waals surface area (Å²) >= 11 is 0. The van der Waals surface area contributed by atoms with E-state index in [2.05, 4.69) is 11.3 Å². The van der Waals surface area contributed by atoms with Gasteiger partial charge in [0, 0.05) is 11.0 Å². The zero-order chi connectivity index (χ0) is 20.8. The van der Waals surface area contributed by atoms with Crippen molar-refractivity contribution in [3.63, 3.8) is 0 Å². The van der Waals surface area contributed by atoms with E-state index in [4.69, 9.17) is 5.73 Å². The Labute approximate surface area is 171 Å². The van der Waals surface area contributed by atoms with Crippen molar-refractivity contribution in [2.24, 2.45) is 5.73 Å². The van der Waals surface area contributed by atoms with Crippen molar-refractivity contribution in [2.45, 2.75) is 39.0 Å². The van der Waals surface area contributed by atoms with Gasteiger partial charge in [0.2, 0.25) is 5.91 Å². The number of anilines is 1. The molecule has 1 amide bonds. The first-order chi connectivity index (χ1) is 13.8. The minimum absolute atomic E-state index is 0.406. The smallest absolute Gasteiger partial charge is 0.254 e. The maximum atomic E-state index is 12.0. The summed E-state index contributed by atoms with van der Waals surface area (Å²) in [4.78, 5) is 12.0. The number of primary amides is 1. The van der Waals surface area contributed by atoms with Crippen LogP contribution in [0.25, 0.3) is 16.7 Å². The number of nitrogens with one attached hydrogen (secondary N) is 1. The number of benzene rings is 2. The summed E-state index contributed by atoms with van der Waals surface area (Å²) in [5.74, 6) is -0.406. The highest BCUT2D eigenvalue weighted by molar-refractivity contribution is 7.95. The van der Waals surface area contributed by atoms with Gasteiger partial charge < -0.3 is 5.73 Å². The lowest BCUT2D eigenvalue weighted by Crippen LogP contribution is -2.14. The number of allylic oxidation sites excluding steroid dienone is 2. The van der Waals surface area contributed by atoms with Crippen molar-refractivity contribution < 1.29 is 13.2 Å². The maximum absolute atomic E-state index is 12.0. The van der Waals surface area contributed by atoms with E-state index in [0.717, 1.165) is 58.9 Å². The highest BCUT2D eigenvalue weighted by Crippen LogP contribution is 2.47. The molecule has 0 saturated heterocycles. The van der Waals surface area contributed by atoms with E-state index in [1.54, 1.807) is 12.1 Å². The molecule has 2 aromatic carbocycles. The molecule has 29 heavy (non-hydrogen) atoms. The second-order valence-electron chi connectivity index (χ2n) is 7.64. The summed E-state index contributed by atoms with van der Waals surface area (Å²) in [6, 6.07) is 9.31. The molecule has 2 aliphatic carbocycles. The Morgan fingerprint density at radius 3 is 2.62 bits per heavy atom. The van der Waals surface area contributed by atoms with Gasteiger partial charge in [0.1, 0.15) is 0 Å². The number of hydrogen-bond acceptors (Lipinski definition) is 3. The fourth-order valence-corrected chi connectivity index (χ4v) is 5.15. The number of sulfonamides is 1. The normalized spacial score (nSPS) is 15.6. The van der Waals surface area contributed by atoms with Crippen molar-refractivity contribution in [3.8, 4) is 11.1 Å². The molecule has 5 nitrogen and oxygen atoms in total. The fourth-order valence-electron chi connectivity index (χ4n) is 4.54. The molecule has 0 atom stereocenters. The predicted molar refractivity (Wildman–Crippen MR) is 117 cm³/mol. The molecule has 0 unspecified atom stereocenters. The molecule has 0 fully saturated rings. The lowest BCUT2D eigenvalue weighted by atomic mass is 9.86. The number of nitrogens with two attached hydrogens (primary N) is 1.